The summed E-state index contributed by atoms with van der Waals surface area (Å²) in [4.78, 5) is 2.60. The molecule has 3 heterocycles. The summed E-state index contributed by atoms with van der Waals surface area (Å²) in [6.07, 6.45) is -1.37. The van der Waals surface area contributed by atoms with E-state index >= 15 is 0 Å². The maximum atomic E-state index is 11.8. The minimum absolute atomic E-state index is 0.0153. The van der Waals surface area contributed by atoms with Crippen LogP contribution in [0.25, 0.3) is 0 Å². The predicted octanol–water partition coefficient (Wildman–Crippen LogP) is 1.06. The number of hydrogen-bond donors (Lipinski definition) is 8. The molecule has 0 aromatic rings. The van der Waals surface area contributed by atoms with Crippen LogP contribution >= 0.6 is 0 Å². The summed E-state index contributed by atoms with van der Waals surface area (Å²) in [5.41, 5.74) is 1.46. The van der Waals surface area contributed by atoms with E-state index < -0.39 is 74.6 Å². The van der Waals surface area contributed by atoms with E-state index in [9.17, 15) is 40.9 Å². The number of nitrogens with zero attached hydrogens (tertiary/aromatic N) is 1. The smallest absolute Gasteiger partial charge is 0.187 e. The summed E-state index contributed by atoms with van der Waals surface area (Å²) in [5, 5.41) is 84.6. The molecule has 0 radical (unpaired) electrons. The van der Waals surface area contributed by atoms with Crippen molar-refractivity contribution in [2.45, 2.75) is 171 Å². The second-order valence-corrected chi connectivity index (χ2v) is 18.4. The Hall–Kier alpha value is -0.780. The van der Waals surface area contributed by atoms with Crippen LogP contribution in [0.15, 0.2) is 11.6 Å². The van der Waals surface area contributed by atoms with Crippen molar-refractivity contribution < 1.29 is 59.8 Å². The molecule has 53 heavy (non-hydrogen) atoms. The van der Waals surface area contributed by atoms with E-state index in [-0.39, 0.29) is 29.0 Å². The maximum Gasteiger partial charge on any atom is 0.187 e. The highest BCUT2D eigenvalue weighted by atomic mass is 16.7. The molecule has 0 amide bonds. The first-order chi connectivity index (χ1) is 25.2. The molecule has 3 aliphatic heterocycles. The van der Waals surface area contributed by atoms with Gasteiger partial charge in [-0.15, -0.1) is 0 Å². The van der Waals surface area contributed by atoms with E-state index in [1.807, 2.05) is 0 Å². The van der Waals surface area contributed by atoms with Crippen LogP contribution in [0.3, 0.4) is 0 Å². The average molecular weight is 754 g/mol. The maximum absolute atomic E-state index is 11.8. The van der Waals surface area contributed by atoms with Gasteiger partial charge >= 0.3 is 0 Å². The molecule has 20 atom stereocenters. The van der Waals surface area contributed by atoms with Gasteiger partial charge in [-0.3, -0.25) is 0 Å². The van der Waals surface area contributed by atoms with Crippen LogP contribution in [0.5, 0.6) is 0 Å². The SMILES string of the molecule is CC(C1CCCCCN1C)C1CC(O)C2C3CC=C4CC(OC5OC(CO)C(OC6OC(CO)C(O)C(O)C6O)C(O)C5O)CCC4(C)C3CCC12C. The molecule has 304 valence electrons. The largest absolute Gasteiger partial charge is 0.394 e. The molecule has 13 heteroatoms. The molecule has 4 aliphatic carbocycles. The van der Waals surface area contributed by atoms with Gasteiger partial charge < -0.3 is 64.7 Å². The zero-order valence-electron chi connectivity index (χ0n) is 32.0. The standard InChI is InChI=1S/C40H67NO12/c1-20(26-8-6-5-7-15-41(26)4)25-17-27(44)30-23-10-9-21-16-22(11-13-39(21,2)24(23)12-14-40(25,30)3)50-37-35(49)33(47)36(29(19-43)52-37)53-38-34(48)32(46)31(45)28(18-42)51-38/h9,20,22-38,42-49H,5-8,10-19H2,1-4H3. The number of aliphatic hydroxyl groups is 8. The lowest BCUT2D eigenvalue weighted by Crippen LogP contribution is -2.65. The first kappa shape index (κ1) is 40.4. The van der Waals surface area contributed by atoms with Crippen LogP contribution in [0.2, 0.25) is 0 Å². The lowest BCUT2D eigenvalue weighted by atomic mass is 9.46. The number of allylic oxidation sites excluding steroid dienone is 1. The molecule has 7 rings (SSSR count). The molecule has 0 aromatic carbocycles. The minimum atomic E-state index is -1.72. The van der Waals surface area contributed by atoms with Gasteiger partial charge in [-0.2, -0.15) is 0 Å². The van der Waals surface area contributed by atoms with Gasteiger partial charge in [0, 0.05) is 6.04 Å². The Kier molecular flexibility index (Phi) is 12.1. The van der Waals surface area contributed by atoms with E-state index in [1.54, 1.807) is 0 Å². The first-order valence-corrected chi connectivity index (χ1v) is 20.5. The minimum Gasteiger partial charge on any atom is -0.394 e. The van der Waals surface area contributed by atoms with Gasteiger partial charge in [0.25, 0.3) is 0 Å². The molecule has 6 fully saturated rings. The van der Waals surface area contributed by atoms with Crippen molar-refractivity contribution in [1.29, 1.82) is 0 Å². The molecule has 13 nitrogen and oxygen atoms in total. The molecular formula is C40H67NO12. The number of fused-ring (bicyclic) bond motifs is 5. The summed E-state index contributed by atoms with van der Waals surface area (Å²) in [6.45, 7) is 7.26. The lowest BCUT2D eigenvalue weighted by molar-refractivity contribution is -0.363. The van der Waals surface area contributed by atoms with Crippen LogP contribution in [-0.4, -0.2) is 152 Å². The van der Waals surface area contributed by atoms with Gasteiger partial charge in [-0.05, 0) is 112 Å². The van der Waals surface area contributed by atoms with Crippen molar-refractivity contribution in [2.75, 3.05) is 26.8 Å². The summed E-state index contributed by atoms with van der Waals surface area (Å²) >= 11 is 0. The van der Waals surface area contributed by atoms with E-state index in [2.05, 4.69) is 38.8 Å². The molecule has 0 spiro atoms. The number of likely N-dealkylation sites (tertiary alicyclic amines) is 1. The lowest BCUT2D eigenvalue weighted by Gasteiger charge is -2.59. The van der Waals surface area contributed by atoms with Gasteiger partial charge in [0.15, 0.2) is 12.6 Å². The van der Waals surface area contributed by atoms with Crippen LogP contribution in [0, 0.1) is 40.4 Å². The third-order valence-electron chi connectivity index (χ3n) is 15.7. The topological polar surface area (TPSA) is 202 Å². The summed E-state index contributed by atoms with van der Waals surface area (Å²) in [6, 6.07) is 0.579. The summed E-state index contributed by atoms with van der Waals surface area (Å²) in [5.74, 6) is 2.26. The first-order valence-electron chi connectivity index (χ1n) is 20.5. The fraction of sp³-hybridized carbons (Fsp3) is 0.950. The van der Waals surface area contributed by atoms with Crippen molar-refractivity contribution in [3.05, 3.63) is 11.6 Å². The normalized spacial score (nSPS) is 52.8. The second-order valence-electron chi connectivity index (χ2n) is 18.4. The quantitative estimate of drug-likeness (QED) is 0.164. The number of rotatable bonds is 8. The molecule has 0 bridgehead atoms. The van der Waals surface area contributed by atoms with Crippen LogP contribution < -0.4 is 0 Å². The van der Waals surface area contributed by atoms with Gasteiger partial charge in [0.05, 0.1) is 25.4 Å². The molecule has 20 unspecified atom stereocenters. The third-order valence-corrected chi connectivity index (χ3v) is 15.7. The monoisotopic (exact) mass is 753 g/mol. The number of aliphatic hydroxyl groups excluding tert-OH is 8. The average Bonchev–Trinajstić information content (AvgIpc) is 3.25. The summed E-state index contributed by atoms with van der Waals surface area (Å²) < 4.78 is 23.5. The van der Waals surface area contributed by atoms with Gasteiger partial charge in [-0.1, -0.05) is 45.3 Å². The number of ether oxygens (including phenoxy) is 4. The highest BCUT2D eigenvalue weighted by Crippen LogP contribution is 2.67. The van der Waals surface area contributed by atoms with Crippen molar-refractivity contribution in [3.8, 4) is 0 Å². The fourth-order valence-corrected chi connectivity index (χ4v) is 12.7. The Bertz CT molecular complexity index is 1290. The van der Waals surface area contributed by atoms with Crippen LogP contribution in [-0.2, 0) is 18.9 Å². The molecular weight excluding hydrogens is 686 g/mol. The highest BCUT2D eigenvalue weighted by molar-refractivity contribution is 5.26. The predicted molar refractivity (Wildman–Crippen MR) is 192 cm³/mol. The van der Waals surface area contributed by atoms with Crippen molar-refractivity contribution in [3.63, 3.8) is 0 Å². The Balaban J connectivity index is 1.00. The Morgan fingerprint density at radius 1 is 0.830 bits per heavy atom. The van der Waals surface area contributed by atoms with Crippen molar-refractivity contribution in [1.82, 2.24) is 4.90 Å². The zero-order valence-corrected chi connectivity index (χ0v) is 32.0. The highest BCUT2D eigenvalue weighted by Gasteiger charge is 2.63. The van der Waals surface area contributed by atoms with E-state index in [0.717, 1.165) is 38.5 Å². The fourth-order valence-electron chi connectivity index (χ4n) is 12.7. The van der Waals surface area contributed by atoms with Crippen molar-refractivity contribution in [2.24, 2.45) is 40.4 Å². The van der Waals surface area contributed by atoms with E-state index in [1.165, 1.54) is 37.8 Å². The molecule has 0 aromatic heterocycles. The molecule has 8 N–H and O–H groups in total. The molecule has 3 saturated carbocycles. The van der Waals surface area contributed by atoms with Gasteiger partial charge in [0.2, 0.25) is 0 Å². The summed E-state index contributed by atoms with van der Waals surface area (Å²) in [7, 11) is 2.30. The second kappa shape index (κ2) is 15.9. The van der Waals surface area contributed by atoms with Gasteiger partial charge in [0.1, 0.15) is 48.8 Å². The van der Waals surface area contributed by atoms with E-state index in [4.69, 9.17) is 18.9 Å². The van der Waals surface area contributed by atoms with Gasteiger partial charge in [-0.25, -0.2) is 0 Å². The Morgan fingerprint density at radius 3 is 2.26 bits per heavy atom. The van der Waals surface area contributed by atoms with Crippen LogP contribution in [0.1, 0.15) is 91.4 Å². The Morgan fingerprint density at radius 2 is 1.53 bits per heavy atom. The number of hydrogen-bond acceptors (Lipinski definition) is 13. The zero-order chi connectivity index (χ0) is 38.0. The van der Waals surface area contributed by atoms with Crippen molar-refractivity contribution >= 4 is 0 Å². The third kappa shape index (κ3) is 7.10. The van der Waals surface area contributed by atoms with Crippen LogP contribution in [0.4, 0.5) is 0 Å². The van der Waals surface area contributed by atoms with E-state index in [0.29, 0.717) is 36.1 Å². The Labute approximate surface area is 314 Å². The molecule has 3 saturated heterocycles. The molecule has 7 aliphatic rings.